The normalized spacial score (nSPS) is 19.3. The number of amides is 1. The SMILES string of the molecule is CCCCCCCCCCCCCCCCCCCCCCCCCCCCCCCCCCCCCCCC(=O)NC(COC1OC(CO)C(O)C(O)C1O)C(O)CCCCCCCCCCC. The van der Waals surface area contributed by atoms with Crippen LogP contribution in [-0.2, 0) is 14.3 Å². The Bertz CT molecular complexity index is 1050. The lowest BCUT2D eigenvalue weighted by Gasteiger charge is -2.40. The molecule has 9 heteroatoms. The maximum atomic E-state index is 13.0. The second kappa shape index (κ2) is 50.7. The van der Waals surface area contributed by atoms with E-state index >= 15 is 0 Å². The summed E-state index contributed by atoms with van der Waals surface area (Å²) in [4.78, 5) is 13.0. The first kappa shape index (κ1) is 66.2. The van der Waals surface area contributed by atoms with E-state index in [-0.39, 0.29) is 12.5 Å². The van der Waals surface area contributed by atoms with Gasteiger partial charge in [0.2, 0.25) is 5.91 Å². The number of ether oxygens (including phenoxy) is 2. The molecule has 0 aliphatic carbocycles. The standard InChI is InChI=1S/C60H119NO8/c1-3-5-7-9-11-13-14-15-16-17-18-19-20-21-22-23-24-25-26-27-28-29-30-31-32-33-34-35-36-37-38-39-40-42-44-46-48-50-56(64)61-53(54(63)49-47-45-43-41-12-10-8-6-4-2)52-68-60-59(67)58(66)57(65)55(51-62)69-60/h53-55,57-60,62-63,65-67H,3-52H2,1-2H3,(H,61,64). The molecular weight excluding hydrogens is 863 g/mol. The molecule has 1 aliphatic heterocycles. The number of rotatable bonds is 54. The molecule has 7 atom stereocenters. The van der Waals surface area contributed by atoms with Crippen molar-refractivity contribution in [2.24, 2.45) is 0 Å². The van der Waals surface area contributed by atoms with Gasteiger partial charge in [-0.25, -0.2) is 0 Å². The number of nitrogens with one attached hydrogen (secondary N) is 1. The molecule has 0 saturated carbocycles. The van der Waals surface area contributed by atoms with Gasteiger partial charge >= 0.3 is 0 Å². The fourth-order valence-corrected chi connectivity index (χ4v) is 10.3. The molecule has 0 spiro atoms. The van der Waals surface area contributed by atoms with Crippen LogP contribution in [0, 0.1) is 0 Å². The van der Waals surface area contributed by atoms with Crippen LogP contribution in [0.25, 0.3) is 0 Å². The van der Waals surface area contributed by atoms with Crippen molar-refractivity contribution < 1.29 is 39.8 Å². The summed E-state index contributed by atoms with van der Waals surface area (Å²) in [5.74, 6) is -0.139. The van der Waals surface area contributed by atoms with Gasteiger partial charge in [-0.15, -0.1) is 0 Å². The lowest BCUT2D eigenvalue weighted by atomic mass is 9.99. The number of unbranched alkanes of at least 4 members (excludes halogenated alkanes) is 44. The summed E-state index contributed by atoms with van der Waals surface area (Å²) in [6.45, 7) is 3.85. The van der Waals surface area contributed by atoms with Gasteiger partial charge in [0, 0.05) is 6.42 Å². The van der Waals surface area contributed by atoms with Crippen LogP contribution in [-0.4, -0.2) is 87.5 Å². The minimum atomic E-state index is -1.55. The molecule has 7 unspecified atom stereocenters. The maximum Gasteiger partial charge on any atom is 0.220 e. The highest BCUT2D eigenvalue weighted by molar-refractivity contribution is 5.76. The van der Waals surface area contributed by atoms with Crippen LogP contribution in [0.1, 0.15) is 322 Å². The van der Waals surface area contributed by atoms with Gasteiger partial charge in [0.25, 0.3) is 0 Å². The zero-order valence-electron chi connectivity index (χ0n) is 45.9. The molecule has 0 bridgehead atoms. The fraction of sp³-hybridized carbons (Fsp3) is 0.983. The monoisotopic (exact) mass is 982 g/mol. The van der Waals surface area contributed by atoms with E-state index < -0.39 is 49.5 Å². The van der Waals surface area contributed by atoms with E-state index in [4.69, 9.17) is 9.47 Å². The van der Waals surface area contributed by atoms with Gasteiger partial charge in [0.05, 0.1) is 25.4 Å². The molecule has 0 aromatic carbocycles. The molecule has 0 radical (unpaired) electrons. The van der Waals surface area contributed by atoms with Gasteiger partial charge in [-0.1, -0.05) is 303 Å². The van der Waals surface area contributed by atoms with Crippen LogP contribution < -0.4 is 5.32 Å². The highest BCUT2D eigenvalue weighted by Gasteiger charge is 2.44. The van der Waals surface area contributed by atoms with Crippen molar-refractivity contribution in [1.29, 1.82) is 0 Å². The number of carbonyl (C=O) groups excluding carboxylic acids is 1. The van der Waals surface area contributed by atoms with E-state index in [9.17, 15) is 30.3 Å². The molecule has 1 saturated heterocycles. The molecule has 0 aromatic rings. The predicted molar refractivity (Wildman–Crippen MR) is 291 cm³/mol. The molecule has 69 heavy (non-hydrogen) atoms. The minimum absolute atomic E-state index is 0.132. The maximum absolute atomic E-state index is 13.0. The molecule has 0 aromatic heterocycles. The fourth-order valence-electron chi connectivity index (χ4n) is 10.3. The van der Waals surface area contributed by atoms with Gasteiger partial charge in [0.1, 0.15) is 24.4 Å². The molecule has 1 heterocycles. The molecule has 6 N–H and O–H groups in total. The first-order chi connectivity index (χ1) is 33.8. The summed E-state index contributed by atoms with van der Waals surface area (Å²) in [5.41, 5.74) is 0. The molecule has 1 amide bonds. The Labute approximate surface area is 427 Å². The van der Waals surface area contributed by atoms with Crippen LogP contribution in [0.4, 0.5) is 0 Å². The molecule has 9 nitrogen and oxygen atoms in total. The third-order valence-corrected chi connectivity index (χ3v) is 15.2. The van der Waals surface area contributed by atoms with Crippen molar-refractivity contribution >= 4 is 5.91 Å². The molecule has 1 fully saturated rings. The number of aliphatic hydroxyl groups excluding tert-OH is 5. The largest absolute Gasteiger partial charge is 0.394 e. The van der Waals surface area contributed by atoms with Crippen molar-refractivity contribution in [3.05, 3.63) is 0 Å². The molecular formula is C60H119NO8. The third kappa shape index (κ3) is 40.3. The molecule has 1 rings (SSSR count). The summed E-state index contributed by atoms with van der Waals surface area (Å²) >= 11 is 0. The lowest BCUT2D eigenvalue weighted by Crippen LogP contribution is -2.60. The summed E-state index contributed by atoms with van der Waals surface area (Å²) in [6.07, 6.45) is 54.8. The van der Waals surface area contributed by atoms with E-state index in [1.807, 2.05) is 0 Å². The molecule has 1 aliphatic rings. The third-order valence-electron chi connectivity index (χ3n) is 15.2. The van der Waals surface area contributed by atoms with Gasteiger partial charge in [0.15, 0.2) is 6.29 Å². The van der Waals surface area contributed by atoms with E-state index in [1.54, 1.807) is 0 Å². The Morgan fingerprint density at radius 3 is 1.03 bits per heavy atom. The van der Waals surface area contributed by atoms with Crippen LogP contribution in [0.2, 0.25) is 0 Å². The Morgan fingerprint density at radius 1 is 0.435 bits per heavy atom. The van der Waals surface area contributed by atoms with Crippen molar-refractivity contribution in [3.63, 3.8) is 0 Å². The van der Waals surface area contributed by atoms with E-state index in [0.717, 1.165) is 38.5 Å². The zero-order chi connectivity index (χ0) is 50.1. The summed E-state index contributed by atoms with van der Waals surface area (Å²) in [5, 5.41) is 54.4. The number of hydrogen-bond donors (Lipinski definition) is 6. The first-order valence-corrected chi connectivity index (χ1v) is 30.7. The number of aliphatic hydroxyl groups is 5. The zero-order valence-corrected chi connectivity index (χ0v) is 45.9. The van der Waals surface area contributed by atoms with Crippen LogP contribution in [0.15, 0.2) is 0 Å². The van der Waals surface area contributed by atoms with Crippen molar-refractivity contribution in [3.8, 4) is 0 Å². The highest BCUT2D eigenvalue weighted by Crippen LogP contribution is 2.24. The van der Waals surface area contributed by atoms with E-state index in [0.29, 0.717) is 12.8 Å². The first-order valence-electron chi connectivity index (χ1n) is 30.7. The van der Waals surface area contributed by atoms with E-state index in [2.05, 4.69) is 19.2 Å². The van der Waals surface area contributed by atoms with E-state index in [1.165, 1.54) is 257 Å². The number of hydrogen-bond acceptors (Lipinski definition) is 8. The highest BCUT2D eigenvalue weighted by atomic mass is 16.7. The predicted octanol–water partition coefficient (Wildman–Crippen LogP) is 15.4. The van der Waals surface area contributed by atoms with Gasteiger partial charge in [-0.2, -0.15) is 0 Å². The summed E-state index contributed by atoms with van der Waals surface area (Å²) in [6, 6.07) is -0.711. The Morgan fingerprint density at radius 2 is 0.725 bits per heavy atom. The minimum Gasteiger partial charge on any atom is -0.394 e. The Balaban J connectivity index is 1.97. The Hall–Kier alpha value is -0.810. The molecule has 412 valence electrons. The van der Waals surface area contributed by atoms with Crippen LogP contribution in [0.5, 0.6) is 0 Å². The second-order valence-electron chi connectivity index (χ2n) is 21.9. The lowest BCUT2D eigenvalue weighted by molar-refractivity contribution is -0.302. The van der Waals surface area contributed by atoms with Gasteiger partial charge in [-0.3, -0.25) is 4.79 Å². The number of carbonyl (C=O) groups is 1. The van der Waals surface area contributed by atoms with Crippen LogP contribution >= 0.6 is 0 Å². The van der Waals surface area contributed by atoms with Crippen molar-refractivity contribution in [2.75, 3.05) is 13.2 Å². The smallest absolute Gasteiger partial charge is 0.220 e. The van der Waals surface area contributed by atoms with Gasteiger partial charge < -0.3 is 40.3 Å². The Kier molecular flexibility index (Phi) is 48.7. The topological polar surface area (TPSA) is 149 Å². The van der Waals surface area contributed by atoms with Gasteiger partial charge in [-0.05, 0) is 12.8 Å². The quantitative estimate of drug-likeness (QED) is 0.0330. The van der Waals surface area contributed by atoms with Crippen LogP contribution in [0.3, 0.4) is 0 Å². The second-order valence-corrected chi connectivity index (χ2v) is 21.9. The van der Waals surface area contributed by atoms with Crippen molar-refractivity contribution in [2.45, 2.75) is 365 Å². The average Bonchev–Trinajstić information content (AvgIpc) is 3.35. The summed E-state index contributed by atoms with van der Waals surface area (Å²) in [7, 11) is 0. The van der Waals surface area contributed by atoms with Crippen molar-refractivity contribution in [1.82, 2.24) is 5.32 Å². The average molecular weight is 983 g/mol. The summed E-state index contributed by atoms with van der Waals surface area (Å²) < 4.78 is 11.3.